The fourth-order valence-corrected chi connectivity index (χ4v) is 1.01. The number of phosphoric acid groups is 1. The van der Waals surface area contributed by atoms with Crippen molar-refractivity contribution in [2.45, 2.75) is 0 Å². The quantitative estimate of drug-likeness (QED) is 0.353. The molecule has 0 aromatic carbocycles. The van der Waals surface area contributed by atoms with Crippen molar-refractivity contribution in [2.24, 2.45) is 5.73 Å². The Kier molecular flexibility index (Phi) is 10.8. The van der Waals surface area contributed by atoms with Gasteiger partial charge in [-0.3, -0.25) is 4.57 Å². The van der Waals surface area contributed by atoms with E-state index in [1.807, 2.05) is 0 Å². The number of rotatable bonds is 6. The molecule has 1 atom stereocenters. The van der Waals surface area contributed by atoms with Crippen LogP contribution >= 0.6 is 7.82 Å². The molecule has 0 aromatic heterocycles. The van der Waals surface area contributed by atoms with Gasteiger partial charge in [0.05, 0.1) is 6.61 Å². The Hall–Kier alpha value is 1.18. The number of carbonyl (C=O) groups is 1. The molecule has 0 amide bonds. The Labute approximate surface area is 118 Å². The van der Waals surface area contributed by atoms with E-state index >= 15 is 0 Å². The number of carboxylic acid groups (broad SMARTS) is 1. The standard InChI is InChI=1S/C4H10NO6P.K/c5-1-2-10-12(8,9)11-3-4(6)7;/h1-3,5H2,(H,6,7)(H,8,9);/q;+1/p-1. The molecule has 0 spiro atoms. The third-order valence-corrected chi connectivity index (χ3v) is 1.66. The molecule has 0 fully saturated rings. The maximum absolute atomic E-state index is 10.6. The average Bonchev–Trinajstić information content (AvgIpc) is 1.98. The van der Waals surface area contributed by atoms with E-state index in [1.54, 1.807) is 0 Å². The first-order chi connectivity index (χ1) is 5.48. The summed E-state index contributed by atoms with van der Waals surface area (Å²) in [5, 5.41) is 8.04. The summed E-state index contributed by atoms with van der Waals surface area (Å²) >= 11 is 0. The molecule has 0 aliphatic heterocycles. The van der Waals surface area contributed by atoms with E-state index in [9.17, 15) is 14.3 Å². The Morgan fingerprint density at radius 3 is 2.46 bits per heavy atom. The van der Waals surface area contributed by atoms with E-state index in [4.69, 9.17) is 10.8 Å². The number of nitrogens with two attached hydrogens (primary N) is 1. The van der Waals surface area contributed by atoms with Crippen molar-refractivity contribution in [3.63, 3.8) is 0 Å². The molecule has 72 valence electrons. The van der Waals surface area contributed by atoms with E-state index < -0.39 is 20.4 Å². The van der Waals surface area contributed by atoms with Crippen LogP contribution in [0.5, 0.6) is 0 Å². The summed E-state index contributed by atoms with van der Waals surface area (Å²) in [4.78, 5) is 20.4. The van der Waals surface area contributed by atoms with E-state index in [0.717, 1.165) is 0 Å². The molecule has 0 aliphatic rings. The van der Waals surface area contributed by atoms with Gasteiger partial charge in [0.15, 0.2) is 6.61 Å². The molecule has 3 N–H and O–H groups in total. The predicted octanol–water partition coefficient (Wildman–Crippen LogP) is -4.46. The van der Waals surface area contributed by atoms with Crippen LogP contribution < -0.4 is 62.0 Å². The largest absolute Gasteiger partial charge is 1.00 e. The summed E-state index contributed by atoms with van der Waals surface area (Å²) in [5.74, 6) is -1.39. The zero-order valence-corrected chi connectivity index (χ0v) is 11.2. The second-order valence-electron chi connectivity index (χ2n) is 1.74. The average molecular weight is 237 g/mol. The fraction of sp³-hybridized carbons (Fsp3) is 0.750. The first kappa shape index (κ1) is 16.6. The number of aliphatic carboxylic acids is 1. The second-order valence-corrected chi connectivity index (χ2v) is 3.15. The second kappa shape index (κ2) is 8.48. The molecule has 7 nitrogen and oxygen atoms in total. The molecule has 0 saturated heterocycles. The van der Waals surface area contributed by atoms with Gasteiger partial charge in [0.2, 0.25) is 0 Å². The molecule has 0 bridgehead atoms. The molecule has 13 heavy (non-hydrogen) atoms. The van der Waals surface area contributed by atoms with Gasteiger partial charge >= 0.3 is 57.4 Å². The Balaban J connectivity index is 0. The van der Waals surface area contributed by atoms with E-state index in [2.05, 4.69) is 9.05 Å². The summed E-state index contributed by atoms with van der Waals surface area (Å²) in [6.45, 7) is -1.14. The number of hydrogen-bond acceptors (Lipinski definition) is 6. The smallest absolute Gasteiger partial charge is 0.756 e. The summed E-state index contributed by atoms with van der Waals surface area (Å²) in [6.07, 6.45) is 0. The van der Waals surface area contributed by atoms with Crippen molar-refractivity contribution < 1.29 is 79.8 Å². The third kappa shape index (κ3) is 11.1. The first-order valence-corrected chi connectivity index (χ1v) is 4.46. The molecule has 0 saturated carbocycles. The molecular weight excluding hydrogens is 228 g/mol. The van der Waals surface area contributed by atoms with Gasteiger partial charge < -0.3 is 24.8 Å². The summed E-state index contributed by atoms with van der Waals surface area (Å²) < 4.78 is 18.6. The van der Waals surface area contributed by atoms with Gasteiger partial charge in [0, 0.05) is 6.54 Å². The number of carboxylic acids is 1. The maximum Gasteiger partial charge on any atom is 1.00 e. The van der Waals surface area contributed by atoms with Crippen LogP contribution in [-0.4, -0.2) is 30.8 Å². The fourth-order valence-electron chi connectivity index (χ4n) is 0.336. The third-order valence-electron chi connectivity index (χ3n) is 0.713. The Morgan fingerprint density at radius 2 is 2.08 bits per heavy atom. The van der Waals surface area contributed by atoms with Crippen molar-refractivity contribution >= 4 is 13.8 Å². The van der Waals surface area contributed by atoms with Crippen molar-refractivity contribution in [1.29, 1.82) is 0 Å². The summed E-state index contributed by atoms with van der Waals surface area (Å²) in [7, 11) is -4.47. The van der Waals surface area contributed by atoms with Crippen LogP contribution in [-0.2, 0) is 18.4 Å². The summed E-state index contributed by atoms with van der Waals surface area (Å²) in [6, 6.07) is 0. The van der Waals surface area contributed by atoms with Crippen LogP contribution in [0.1, 0.15) is 0 Å². The summed E-state index contributed by atoms with van der Waals surface area (Å²) in [5.41, 5.74) is 4.93. The van der Waals surface area contributed by atoms with Gasteiger partial charge in [0.25, 0.3) is 7.82 Å². The zero-order chi connectivity index (χ0) is 9.61. The number of hydrogen-bond donors (Lipinski definition) is 2. The van der Waals surface area contributed by atoms with Crippen LogP contribution in [0.4, 0.5) is 0 Å². The van der Waals surface area contributed by atoms with Crippen molar-refractivity contribution in [2.75, 3.05) is 19.8 Å². The first-order valence-electron chi connectivity index (χ1n) is 3.00. The maximum atomic E-state index is 10.6. The minimum atomic E-state index is -4.47. The molecule has 1 unspecified atom stereocenters. The van der Waals surface area contributed by atoms with E-state index in [1.165, 1.54) is 0 Å². The van der Waals surface area contributed by atoms with Crippen molar-refractivity contribution in [1.82, 2.24) is 0 Å². The molecule has 9 heteroatoms. The van der Waals surface area contributed by atoms with Gasteiger partial charge in [-0.25, -0.2) is 4.79 Å². The topological polar surface area (TPSA) is 122 Å². The van der Waals surface area contributed by atoms with E-state index in [0.29, 0.717) is 0 Å². The predicted molar refractivity (Wildman–Crippen MR) is 36.2 cm³/mol. The molecule has 0 heterocycles. The molecule has 0 aliphatic carbocycles. The monoisotopic (exact) mass is 237 g/mol. The number of phosphoric ester groups is 1. The van der Waals surface area contributed by atoms with Gasteiger partial charge in [-0.05, 0) is 0 Å². The molecular formula is C4H9KNO6P. The molecule has 0 radical (unpaired) electrons. The van der Waals surface area contributed by atoms with Gasteiger partial charge in [0.1, 0.15) is 0 Å². The minimum Gasteiger partial charge on any atom is -0.756 e. The van der Waals surface area contributed by atoms with Gasteiger partial charge in [-0.15, -0.1) is 0 Å². The normalized spacial score (nSPS) is 14.3. The van der Waals surface area contributed by atoms with Crippen molar-refractivity contribution in [3.05, 3.63) is 0 Å². The molecule has 0 aromatic rings. The van der Waals surface area contributed by atoms with Gasteiger partial charge in [-0.2, -0.15) is 0 Å². The van der Waals surface area contributed by atoms with Crippen LogP contribution in [0.2, 0.25) is 0 Å². The minimum absolute atomic E-state index is 0. The van der Waals surface area contributed by atoms with Crippen molar-refractivity contribution in [3.8, 4) is 0 Å². The van der Waals surface area contributed by atoms with Crippen LogP contribution in [0, 0.1) is 0 Å². The van der Waals surface area contributed by atoms with Gasteiger partial charge in [-0.1, -0.05) is 0 Å². The van der Waals surface area contributed by atoms with E-state index in [-0.39, 0.29) is 64.5 Å². The van der Waals surface area contributed by atoms with Crippen LogP contribution in [0.25, 0.3) is 0 Å². The SMILES string of the molecule is NCCOP(=O)([O-])OCC(=O)O.[K+]. The van der Waals surface area contributed by atoms with Crippen LogP contribution in [0.15, 0.2) is 0 Å². The molecule has 0 rings (SSSR count). The Bertz CT molecular complexity index is 199. The zero-order valence-electron chi connectivity index (χ0n) is 7.13. The van der Waals surface area contributed by atoms with Crippen LogP contribution in [0.3, 0.4) is 0 Å². The Morgan fingerprint density at radius 1 is 1.54 bits per heavy atom.